The summed E-state index contributed by atoms with van der Waals surface area (Å²) < 4.78 is 0. The summed E-state index contributed by atoms with van der Waals surface area (Å²) in [6, 6.07) is 12.7. The topological polar surface area (TPSA) is 49.4 Å². The largest absolute Gasteiger partial charge is 0.352 e. The molecule has 0 aromatic heterocycles. The maximum atomic E-state index is 13.1. The molecule has 0 aliphatic carbocycles. The molecule has 2 aromatic carbocycles. The Hall–Kier alpha value is -1.69. The normalized spacial score (nSPS) is 12.0. The predicted octanol–water partition coefficient (Wildman–Crippen LogP) is 5.48. The summed E-state index contributed by atoms with van der Waals surface area (Å²) in [5.41, 5.74) is 3.04. The van der Waals surface area contributed by atoms with Crippen molar-refractivity contribution in [3.63, 3.8) is 0 Å². The Kier molecular flexibility index (Phi) is 9.53. The van der Waals surface area contributed by atoms with Crippen molar-refractivity contribution in [3.05, 3.63) is 69.2 Å². The molecule has 0 spiro atoms. The lowest BCUT2D eigenvalue weighted by atomic mass is 10.1. The van der Waals surface area contributed by atoms with Crippen LogP contribution in [-0.2, 0) is 21.9 Å². The number of halogens is 2. The van der Waals surface area contributed by atoms with Crippen molar-refractivity contribution in [3.8, 4) is 0 Å². The molecule has 2 amide bonds. The minimum absolute atomic E-state index is 0.0109. The summed E-state index contributed by atoms with van der Waals surface area (Å²) in [4.78, 5) is 27.3. The van der Waals surface area contributed by atoms with Gasteiger partial charge in [0.2, 0.25) is 11.8 Å². The Labute approximate surface area is 193 Å². The van der Waals surface area contributed by atoms with Gasteiger partial charge in [-0.25, -0.2) is 0 Å². The zero-order valence-corrected chi connectivity index (χ0v) is 20.1. The van der Waals surface area contributed by atoms with Crippen LogP contribution in [0, 0.1) is 6.92 Å². The molecule has 0 heterocycles. The highest BCUT2D eigenvalue weighted by atomic mass is 35.5. The number of nitrogens with one attached hydrogen (secondary N) is 1. The van der Waals surface area contributed by atoms with Gasteiger partial charge in [-0.1, -0.05) is 53.5 Å². The van der Waals surface area contributed by atoms with Crippen molar-refractivity contribution in [1.29, 1.82) is 0 Å². The van der Waals surface area contributed by atoms with E-state index < -0.39 is 6.04 Å². The molecule has 2 aromatic rings. The van der Waals surface area contributed by atoms with Crippen LogP contribution in [0.15, 0.2) is 42.5 Å². The number of hydrogen-bond donors (Lipinski definition) is 1. The van der Waals surface area contributed by atoms with Crippen LogP contribution in [0.5, 0.6) is 0 Å². The van der Waals surface area contributed by atoms with E-state index in [2.05, 4.69) is 5.32 Å². The first-order valence-electron chi connectivity index (χ1n) is 9.85. The van der Waals surface area contributed by atoms with E-state index in [0.717, 1.165) is 16.7 Å². The minimum atomic E-state index is -0.570. The van der Waals surface area contributed by atoms with Gasteiger partial charge in [0.25, 0.3) is 0 Å². The van der Waals surface area contributed by atoms with Crippen LogP contribution in [0.3, 0.4) is 0 Å². The van der Waals surface area contributed by atoms with Gasteiger partial charge >= 0.3 is 0 Å². The highest BCUT2D eigenvalue weighted by molar-refractivity contribution is 7.99. The zero-order chi connectivity index (χ0) is 22.3. The third-order valence-electron chi connectivity index (χ3n) is 4.70. The molecule has 2 rings (SSSR count). The van der Waals surface area contributed by atoms with Crippen LogP contribution in [0.4, 0.5) is 0 Å². The Morgan fingerprint density at radius 1 is 1.07 bits per heavy atom. The molecule has 30 heavy (non-hydrogen) atoms. The summed E-state index contributed by atoms with van der Waals surface area (Å²) >= 11 is 13.6. The molecule has 1 atom stereocenters. The summed E-state index contributed by atoms with van der Waals surface area (Å²) in [5.74, 6) is 0.605. The standard InChI is InChI=1S/C23H28Cl2N2O2S/c1-15(2)26-23(29)17(4)27(12-18-8-6-5-7-16(18)3)22(28)14-30-13-19-9-10-20(24)11-21(19)25/h5-11,15,17H,12-14H2,1-4H3,(H,26,29). The van der Waals surface area contributed by atoms with Crippen LogP contribution < -0.4 is 5.32 Å². The van der Waals surface area contributed by atoms with Gasteiger partial charge < -0.3 is 10.2 Å². The highest BCUT2D eigenvalue weighted by Gasteiger charge is 2.26. The van der Waals surface area contributed by atoms with Crippen LogP contribution >= 0.6 is 35.0 Å². The fraction of sp³-hybridized carbons (Fsp3) is 0.391. The first-order chi connectivity index (χ1) is 14.2. The van der Waals surface area contributed by atoms with E-state index in [1.54, 1.807) is 24.0 Å². The second-order valence-electron chi connectivity index (χ2n) is 7.52. The maximum Gasteiger partial charge on any atom is 0.242 e. The zero-order valence-electron chi connectivity index (χ0n) is 17.7. The monoisotopic (exact) mass is 466 g/mol. The molecule has 0 saturated heterocycles. The first kappa shape index (κ1) is 24.6. The SMILES string of the molecule is Cc1ccccc1CN(C(=O)CSCc1ccc(Cl)cc1Cl)C(C)C(=O)NC(C)C. The predicted molar refractivity (Wildman–Crippen MR) is 127 cm³/mol. The van der Waals surface area contributed by atoms with Crippen molar-refractivity contribution in [2.24, 2.45) is 0 Å². The number of nitrogens with zero attached hydrogens (tertiary/aromatic N) is 1. The van der Waals surface area contributed by atoms with Gasteiger partial charge in [0.1, 0.15) is 6.04 Å². The van der Waals surface area contributed by atoms with Crippen molar-refractivity contribution >= 4 is 46.8 Å². The summed E-state index contributed by atoms with van der Waals surface area (Å²) in [7, 11) is 0. The molecule has 4 nitrogen and oxygen atoms in total. The van der Waals surface area contributed by atoms with Gasteiger partial charge in [-0.15, -0.1) is 11.8 Å². The third kappa shape index (κ3) is 7.22. The first-order valence-corrected chi connectivity index (χ1v) is 11.8. The lowest BCUT2D eigenvalue weighted by molar-refractivity contribution is -0.138. The van der Waals surface area contributed by atoms with E-state index in [9.17, 15) is 9.59 Å². The molecule has 1 unspecified atom stereocenters. The van der Waals surface area contributed by atoms with Crippen LogP contribution in [-0.4, -0.2) is 34.6 Å². The van der Waals surface area contributed by atoms with E-state index in [1.807, 2.05) is 51.1 Å². The molecule has 1 N–H and O–H groups in total. The average Bonchev–Trinajstić information content (AvgIpc) is 2.68. The van der Waals surface area contributed by atoms with Crippen molar-refractivity contribution < 1.29 is 9.59 Å². The fourth-order valence-electron chi connectivity index (χ4n) is 2.93. The Bertz CT molecular complexity index is 889. The lowest BCUT2D eigenvalue weighted by Gasteiger charge is -2.30. The smallest absolute Gasteiger partial charge is 0.242 e. The Morgan fingerprint density at radius 3 is 2.40 bits per heavy atom. The maximum absolute atomic E-state index is 13.1. The van der Waals surface area contributed by atoms with E-state index in [4.69, 9.17) is 23.2 Å². The number of rotatable bonds is 9. The molecule has 0 saturated carbocycles. The number of carbonyl (C=O) groups excluding carboxylic acids is 2. The number of aryl methyl sites for hydroxylation is 1. The Balaban J connectivity index is 2.10. The van der Waals surface area contributed by atoms with E-state index in [1.165, 1.54) is 11.8 Å². The van der Waals surface area contributed by atoms with Gasteiger partial charge in [0, 0.05) is 28.4 Å². The third-order valence-corrected chi connectivity index (χ3v) is 6.25. The van der Waals surface area contributed by atoms with Crippen molar-refractivity contribution in [2.75, 3.05) is 5.75 Å². The fourth-order valence-corrected chi connectivity index (χ4v) is 4.40. The van der Waals surface area contributed by atoms with E-state index in [-0.39, 0.29) is 23.6 Å². The van der Waals surface area contributed by atoms with Crippen molar-refractivity contribution in [2.45, 2.75) is 52.1 Å². The van der Waals surface area contributed by atoms with Gasteiger partial charge in [-0.2, -0.15) is 0 Å². The molecular weight excluding hydrogens is 439 g/mol. The molecule has 0 aliphatic rings. The second-order valence-corrected chi connectivity index (χ2v) is 9.35. The second kappa shape index (κ2) is 11.6. The molecule has 0 bridgehead atoms. The number of carbonyl (C=O) groups is 2. The average molecular weight is 467 g/mol. The molecule has 162 valence electrons. The summed E-state index contributed by atoms with van der Waals surface area (Å²) in [6.45, 7) is 7.98. The van der Waals surface area contributed by atoms with Crippen LogP contribution in [0.2, 0.25) is 10.0 Å². The number of thioether (sulfide) groups is 1. The van der Waals surface area contributed by atoms with Crippen molar-refractivity contribution in [1.82, 2.24) is 10.2 Å². The van der Waals surface area contributed by atoms with Gasteiger partial charge in [0.05, 0.1) is 5.75 Å². The molecular formula is C23H28Cl2N2O2S. The number of hydrogen-bond acceptors (Lipinski definition) is 3. The van der Waals surface area contributed by atoms with Gasteiger partial charge in [-0.3, -0.25) is 9.59 Å². The molecule has 0 radical (unpaired) electrons. The summed E-state index contributed by atoms with van der Waals surface area (Å²) in [6.07, 6.45) is 0. The van der Waals surface area contributed by atoms with Gasteiger partial charge in [-0.05, 0) is 56.5 Å². The van der Waals surface area contributed by atoms with Crippen LogP contribution in [0.25, 0.3) is 0 Å². The highest BCUT2D eigenvalue weighted by Crippen LogP contribution is 2.25. The van der Waals surface area contributed by atoms with E-state index in [0.29, 0.717) is 22.3 Å². The lowest BCUT2D eigenvalue weighted by Crippen LogP contribution is -2.49. The molecule has 7 heteroatoms. The number of amides is 2. The molecule has 0 fully saturated rings. The summed E-state index contributed by atoms with van der Waals surface area (Å²) in [5, 5.41) is 4.07. The van der Waals surface area contributed by atoms with Gasteiger partial charge in [0.15, 0.2) is 0 Å². The minimum Gasteiger partial charge on any atom is -0.352 e. The van der Waals surface area contributed by atoms with E-state index >= 15 is 0 Å². The quantitative estimate of drug-likeness (QED) is 0.532. The van der Waals surface area contributed by atoms with Crippen LogP contribution in [0.1, 0.15) is 37.5 Å². The Morgan fingerprint density at radius 2 is 1.77 bits per heavy atom. The molecule has 0 aliphatic heterocycles. The number of benzene rings is 2.